The molecule has 0 spiro atoms. The van der Waals surface area contributed by atoms with Crippen molar-refractivity contribution >= 4 is 11.6 Å². The Labute approximate surface area is 103 Å². The molecule has 98 valence electrons. The monoisotopic (exact) mass is 256 g/mol. The van der Waals surface area contributed by atoms with E-state index in [0.717, 1.165) is 18.2 Å². The van der Waals surface area contributed by atoms with Crippen LogP contribution in [-0.2, 0) is 0 Å². The molecule has 7 heteroatoms. The zero-order chi connectivity index (χ0) is 13.7. The maximum atomic E-state index is 13.3. The number of benzene rings is 1. The largest absolute Gasteiger partial charge is 0.391 e. The number of carbonyl (C=O) groups excluding carboxylic acids is 1. The van der Waals surface area contributed by atoms with E-state index < -0.39 is 28.3 Å². The van der Waals surface area contributed by atoms with Crippen LogP contribution in [0.15, 0.2) is 18.2 Å². The van der Waals surface area contributed by atoms with E-state index in [1.54, 1.807) is 6.92 Å². The highest BCUT2D eigenvalue weighted by atomic mass is 19.1. The van der Waals surface area contributed by atoms with E-state index in [9.17, 15) is 24.4 Å². The summed E-state index contributed by atoms with van der Waals surface area (Å²) in [5.41, 5.74) is -0.773. The molecule has 6 nitrogen and oxygen atoms in total. The van der Waals surface area contributed by atoms with E-state index in [-0.39, 0.29) is 12.2 Å². The Hall–Kier alpha value is -2.02. The summed E-state index contributed by atoms with van der Waals surface area (Å²) in [4.78, 5) is 21.4. The summed E-state index contributed by atoms with van der Waals surface area (Å²) >= 11 is 0. The van der Waals surface area contributed by atoms with Crippen LogP contribution in [-0.4, -0.2) is 28.6 Å². The van der Waals surface area contributed by atoms with Gasteiger partial charge in [-0.1, -0.05) is 6.92 Å². The summed E-state index contributed by atoms with van der Waals surface area (Å²) in [7, 11) is 0. The van der Waals surface area contributed by atoms with Gasteiger partial charge >= 0.3 is 0 Å². The van der Waals surface area contributed by atoms with Gasteiger partial charge in [-0.05, 0) is 12.5 Å². The van der Waals surface area contributed by atoms with E-state index in [1.165, 1.54) is 0 Å². The standard InChI is InChI=1S/C11H13FN2O4/c1-2-8(15)6-13-11(16)9-5-7(14(17)18)3-4-10(9)12/h3-5,8,15H,2,6H2,1H3,(H,13,16). The minimum atomic E-state index is -0.843. The fourth-order valence-corrected chi connectivity index (χ4v) is 1.25. The molecule has 1 unspecified atom stereocenters. The average molecular weight is 256 g/mol. The quantitative estimate of drug-likeness (QED) is 0.612. The van der Waals surface area contributed by atoms with E-state index in [2.05, 4.69) is 5.32 Å². The summed E-state index contributed by atoms with van der Waals surface area (Å²) < 4.78 is 13.3. The summed E-state index contributed by atoms with van der Waals surface area (Å²) in [6.07, 6.45) is -0.284. The number of hydrogen-bond acceptors (Lipinski definition) is 4. The van der Waals surface area contributed by atoms with Crippen LogP contribution in [0.4, 0.5) is 10.1 Å². The number of amides is 1. The van der Waals surface area contributed by atoms with Crippen LogP contribution in [0.2, 0.25) is 0 Å². The van der Waals surface area contributed by atoms with Gasteiger partial charge in [-0.3, -0.25) is 14.9 Å². The molecule has 0 radical (unpaired) electrons. The first kappa shape index (κ1) is 14.0. The van der Waals surface area contributed by atoms with Crippen LogP contribution >= 0.6 is 0 Å². The Morgan fingerprint density at radius 1 is 1.61 bits per heavy atom. The molecule has 0 bridgehead atoms. The molecule has 1 atom stereocenters. The van der Waals surface area contributed by atoms with Crippen molar-refractivity contribution in [2.45, 2.75) is 19.4 Å². The summed E-state index contributed by atoms with van der Waals surface area (Å²) in [5, 5.41) is 22.1. The topological polar surface area (TPSA) is 92.5 Å². The number of halogens is 1. The molecule has 0 fully saturated rings. The van der Waals surface area contributed by atoms with Crippen molar-refractivity contribution in [1.82, 2.24) is 5.32 Å². The van der Waals surface area contributed by atoms with Gasteiger partial charge in [-0.2, -0.15) is 0 Å². The minimum Gasteiger partial charge on any atom is -0.391 e. The van der Waals surface area contributed by atoms with Gasteiger partial charge in [-0.15, -0.1) is 0 Å². The third-order valence-corrected chi connectivity index (χ3v) is 2.37. The molecule has 2 N–H and O–H groups in total. The third kappa shape index (κ3) is 3.49. The number of nitrogens with one attached hydrogen (secondary N) is 1. The predicted molar refractivity (Wildman–Crippen MR) is 61.7 cm³/mol. The Morgan fingerprint density at radius 2 is 2.28 bits per heavy atom. The van der Waals surface area contributed by atoms with Gasteiger partial charge in [0.2, 0.25) is 0 Å². The van der Waals surface area contributed by atoms with E-state index in [0.29, 0.717) is 6.42 Å². The number of carbonyl (C=O) groups is 1. The normalized spacial score (nSPS) is 11.9. The van der Waals surface area contributed by atoms with Crippen molar-refractivity contribution in [2.24, 2.45) is 0 Å². The van der Waals surface area contributed by atoms with Crippen molar-refractivity contribution in [3.8, 4) is 0 Å². The molecule has 0 saturated heterocycles. The number of rotatable bonds is 5. The summed E-state index contributed by atoms with van der Waals surface area (Å²) in [6.45, 7) is 1.70. The van der Waals surface area contributed by atoms with Crippen molar-refractivity contribution < 1.29 is 19.2 Å². The van der Waals surface area contributed by atoms with Crippen LogP contribution < -0.4 is 5.32 Å². The van der Waals surface area contributed by atoms with Gasteiger partial charge in [0.15, 0.2) is 0 Å². The molecule has 1 aromatic rings. The fraction of sp³-hybridized carbons (Fsp3) is 0.364. The first-order valence-corrected chi connectivity index (χ1v) is 5.36. The highest BCUT2D eigenvalue weighted by Crippen LogP contribution is 2.16. The molecule has 0 heterocycles. The van der Waals surface area contributed by atoms with Crippen molar-refractivity contribution in [3.63, 3.8) is 0 Å². The lowest BCUT2D eigenvalue weighted by Crippen LogP contribution is -2.32. The first-order valence-electron chi connectivity index (χ1n) is 5.36. The molecule has 0 saturated carbocycles. The van der Waals surface area contributed by atoms with Gasteiger partial charge < -0.3 is 10.4 Å². The van der Waals surface area contributed by atoms with E-state index in [1.807, 2.05) is 0 Å². The molecule has 0 aliphatic carbocycles. The zero-order valence-corrected chi connectivity index (χ0v) is 9.72. The van der Waals surface area contributed by atoms with Crippen LogP contribution in [0, 0.1) is 15.9 Å². The molecule has 0 aromatic heterocycles. The minimum absolute atomic E-state index is 0.0303. The van der Waals surface area contributed by atoms with Gasteiger partial charge in [0.25, 0.3) is 11.6 Å². The van der Waals surface area contributed by atoms with Crippen LogP contribution in [0.3, 0.4) is 0 Å². The first-order chi connectivity index (χ1) is 8.45. The van der Waals surface area contributed by atoms with Crippen molar-refractivity contribution in [1.29, 1.82) is 0 Å². The summed E-state index contributed by atoms with van der Waals surface area (Å²) in [6, 6.07) is 2.71. The number of nitro groups is 1. The molecule has 1 amide bonds. The number of hydrogen-bond donors (Lipinski definition) is 2. The second-order valence-electron chi connectivity index (χ2n) is 3.69. The van der Waals surface area contributed by atoms with Crippen LogP contribution in [0.25, 0.3) is 0 Å². The number of aliphatic hydroxyl groups excluding tert-OH is 1. The van der Waals surface area contributed by atoms with Gasteiger partial charge in [0.05, 0.1) is 16.6 Å². The molecule has 18 heavy (non-hydrogen) atoms. The Morgan fingerprint density at radius 3 is 2.83 bits per heavy atom. The molecular weight excluding hydrogens is 243 g/mol. The van der Waals surface area contributed by atoms with Gasteiger partial charge in [0, 0.05) is 18.7 Å². The Balaban J connectivity index is 2.84. The summed E-state index contributed by atoms with van der Waals surface area (Å²) in [5.74, 6) is -1.63. The van der Waals surface area contributed by atoms with E-state index >= 15 is 0 Å². The molecule has 1 rings (SSSR count). The SMILES string of the molecule is CCC(O)CNC(=O)c1cc([N+](=O)[O-])ccc1F. The zero-order valence-electron chi connectivity index (χ0n) is 9.72. The lowest BCUT2D eigenvalue weighted by molar-refractivity contribution is -0.384. The number of non-ortho nitro benzene ring substituents is 1. The average Bonchev–Trinajstić information content (AvgIpc) is 2.35. The lowest BCUT2D eigenvalue weighted by atomic mass is 10.1. The Bertz CT molecular complexity index is 464. The number of nitro benzene ring substituents is 1. The third-order valence-electron chi connectivity index (χ3n) is 2.37. The second kappa shape index (κ2) is 6.06. The molecule has 0 aliphatic rings. The highest BCUT2D eigenvalue weighted by Gasteiger charge is 2.17. The maximum absolute atomic E-state index is 13.3. The second-order valence-corrected chi connectivity index (χ2v) is 3.69. The molecule has 0 aliphatic heterocycles. The van der Waals surface area contributed by atoms with Gasteiger partial charge in [-0.25, -0.2) is 4.39 Å². The van der Waals surface area contributed by atoms with E-state index in [4.69, 9.17) is 0 Å². The van der Waals surface area contributed by atoms with Crippen molar-refractivity contribution in [3.05, 3.63) is 39.7 Å². The number of nitrogens with zero attached hydrogens (tertiary/aromatic N) is 1. The van der Waals surface area contributed by atoms with Crippen LogP contribution in [0.1, 0.15) is 23.7 Å². The van der Waals surface area contributed by atoms with Crippen LogP contribution in [0.5, 0.6) is 0 Å². The number of aliphatic hydroxyl groups is 1. The fourth-order valence-electron chi connectivity index (χ4n) is 1.25. The van der Waals surface area contributed by atoms with Gasteiger partial charge in [0.1, 0.15) is 5.82 Å². The molecular formula is C11H13FN2O4. The Kier molecular flexibility index (Phi) is 4.73. The lowest BCUT2D eigenvalue weighted by Gasteiger charge is -2.09. The highest BCUT2D eigenvalue weighted by molar-refractivity contribution is 5.95. The molecule has 1 aromatic carbocycles. The van der Waals surface area contributed by atoms with Crippen molar-refractivity contribution in [2.75, 3.05) is 6.54 Å². The smallest absolute Gasteiger partial charge is 0.270 e. The predicted octanol–water partition coefficient (Wildman–Crippen LogP) is 1.23. The maximum Gasteiger partial charge on any atom is 0.270 e.